The number of carbonyl (C=O) groups is 2. The summed E-state index contributed by atoms with van der Waals surface area (Å²) in [6, 6.07) is 0. The maximum absolute atomic E-state index is 13.1. The van der Waals surface area contributed by atoms with Gasteiger partial charge in [0.15, 0.2) is 6.61 Å². The van der Waals surface area contributed by atoms with Gasteiger partial charge < -0.3 is 14.7 Å². The SMILES string of the molecule is CCCCC1(OC(=O)COC(=O)C(F)(F)SOO[O-])CCCCC1. The quantitative estimate of drug-likeness (QED) is 0.250. The average Bonchev–Trinajstić information content (AvgIpc) is 2.57. The van der Waals surface area contributed by atoms with E-state index in [0.717, 1.165) is 32.1 Å². The Balaban J connectivity index is 2.49. The number of carbonyl (C=O) groups excluding carboxylic acids is 2. The molecule has 0 N–H and O–H groups in total. The molecule has 0 atom stereocenters. The topological polar surface area (TPSA) is 94.1 Å². The number of unbranched alkanes of at least 4 members (excludes halogenated alkanes) is 1. The minimum atomic E-state index is -4.17. The molecule has 0 radical (unpaired) electrons. The van der Waals surface area contributed by atoms with Crippen LogP contribution in [0.25, 0.3) is 0 Å². The molecule has 1 rings (SSSR count). The zero-order valence-corrected chi connectivity index (χ0v) is 14.2. The van der Waals surface area contributed by atoms with Crippen molar-refractivity contribution in [3.8, 4) is 0 Å². The second-order valence-electron chi connectivity index (χ2n) is 5.63. The van der Waals surface area contributed by atoms with Gasteiger partial charge in [-0.05, 0) is 38.5 Å². The number of esters is 2. The van der Waals surface area contributed by atoms with Crippen molar-refractivity contribution in [3.05, 3.63) is 0 Å². The predicted octanol–water partition coefficient (Wildman–Crippen LogP) is 2.43. The van der Waals surface area contributed by atoms with Crippen LogP contribution < -0.4 is 5.26 Å². The van der Waals surface area contributed by atoms with E-state index in [1.54, 1.807) is 0 Å². The lowest BCUT2D eigenvalue weighted by molar-refractivity contribution is -0.777. The third-order valence-corrected chi connectivity index (χ3v) is 4.31. The zero-order chi connectivity index (χ0) is 18.1. The van der Waals surface area contributed by atoms with E-state index in [4.69, 9.17) is 4.74 Å². The van der Waals surface area contributed by atoms with Gasteiger partial charge in [-0.1, -0.05) is 19.8 Å². The molecule has 24 heavy (non-hydrogen) atoms. The average molecular weight is 371 g/mol. The van der Waals surface area contributed by atoms with Crippen molar-refractivity contribution < 1.29 is 42.5 Å². The summed E-state index contributed by atoms with van der Waals surface area (Å²) in [4.78, 5) is 23.0. The number of ether oxygens (including phenoxy) is 2. The van der Waals surface area contributed by atoms with Crippen molar-refractivity contribution in [1.29, 1.82) is 0 Å². The van der Waals surface area contributed by atoms with Gasteiger partial charge in [-0.2, -0.15) is 13.1 Å². The van der Waals surface area contributed by atoms with Crippen molar-refractivity contribution in [2.45, 2.75) is 69.1 Å². The first-order valence-electron chi connectivity index (χ1n) is 7.76. The molecule has 0 unspecified atom stereocenters. The molecular formula is C14H21F2O7S-. The Hall–Kier alpha value is -0.970. The van der Waals surface area contributed by atoms with Crippen LogP contribution in [0.5, 0.6) is 0 Å². The van der Waals surface area contributed by atoms with Crippen LogP contribution in [-0.4, -0.2) is 29.4 Å². The van der Waals surface area contributed by atoms with E-state index in [0.29, 0.717) is 19.3 Å². The first-order valence-corrected chi connectivity index (χ1v) is 8.50. The van der Waals surface area contributed by atoms with Gasteiger partial charge in [0.2, 0.25) is 0 Å². The third kappa shape index (κ3) is 6.88. The molecule has 0 saturated heterocycles. The molecule has 0 heterocycles. The molecule has 0 spiro atoms. The van der Waals surface area contributed by atoms with Gasteiger partial charge in [0.25, 0.3) is 0 Å². The smallest absolute Gasteiger partial charge is 0.415 e. The standard InChI is InChI=1S/C14H22F2O7S/c1-2-3-7-13(8-5-4-6-9-13)21-11(17)10-20-12(18)14(15,16)24-23-22-19/h19H,2-10H2,1H3/p-1. The van der Waals surface area contributed by atoms with E-state index >= 15 is 0 Å². The first-order chi connectivity index (χ1) is 11.4. The Labute approximate surface area is 143 Å². The highest BCUT2D eigenvalue weighted by atomic mass is 32.2. The van der Waals surface area contributed by atoms with Crippen molar-refractivity contribution in [2.24, 2.45) is 0 Å². The number of rotatable bonds is 10. The first kappa shape index (κ1) is 21.1. The highest BCUT2D eigenvalue weighted by Crippen LogP contribution is 2.36. The summed E-state index contributed by atoms with van der Waals surface area (Å²) in [5.41, 5.74) is -0.603. The van der Waals surface area contributed by atoms with Crippen LogP contribution in [0, 0.1) is 0 Å². The van der Waals surface area contributed by atoms with Crippen LogP contribution in [0.1, 0.15) is 58.3 Å². The summed E-state index contributed by atoms with van der Waals surface area (Å²) in [6.45, 7) is 1.09. The third-order valence-electron chi connectivity index (χ3n) is 3.81. The predicted molar refractivity (Wildman–Crippen MR) is 77.1 cm³/mol. The largest absolute Gasteiger partial charge is 0.691 e. The lowest BCUT2D eigenvalue weighted by Crippen LogP contribution is -2.39. The monoisotopic (exact) mass is 371 g/mol. The van der Waals surface area contributed by atoms with E-state index in [1.165, 1.54) is 0 Å². The van der Waals surface area contributed by atoms with Crippen LogP contribution in [0.4, 0.5) is 8.78 Å². The van der Waals surface area contributed by atoms with Crippen LogP contribution in [-0.2, 0) is 28.4 Å². The Bertz CT molecular complexity index is 414. The molecule has 0 aromatic heterocycles. The highest BCUT2D eigenvalue weighted by molar-refractivity contribution is 7.96. The Morgan fingerprint density at radius 3 is 2.50 bits per heavy atom. The summed E-state index contributed by atoms with van der Waals surface area (Å²) in [6.07, 6.45) is 6.88. The summed E-state index contributed by atoms with van der Waals surface area (Å²) >= 11 is -0.810. The van der Waals surface area contributed by atoms with Crippen LogP contribution >= 0.6 is 12.0 Å². The van der Waals surface area contributed by atoms with Gasteiger partial charge in [-0.3, -0.25) is 5.04 Å². The minimum absolute atomic E-state index is 0.603. The second kappa shape index (κ2) is 10.1. The van der Waals surface area contributed by atoms with E-state index < -0.39 is 41.4 Å². The van der Waals surface area contributed by atoms with Gasteiger partial charge in [0, 0.05) is 0 Å². The molecule has 7 nitrogen and oxygen atoms in total. The number of hydrogen-bond donors (Lipinski definition) is 0. The fourth-order valence-electron chi connectivity index (χ4n) is 2.67. The molecular weight excluding hydrogens is 350 g/mol. The molecule has 1 fully saturated rings. The fourth-order valence-corrected chi connectivity index (χ4v) is 2.91. The van der Waals surface area contributed by atoms with Gasteiger partial charge in [0.05, 0.1) is 0 Å². The summed E-state index contributed by atoms with van der Waals surface area (Å²) in [5.74, 6) is -2.89. The maximum Gasteiger partial charge on any atom is 0.415 e. The van der Waals surface area contributed by atoms with Gasteiger partial charge >= 0.3 is 17.2 Å². The Morgan fingerprint density at radius 1 is 1.25 bits per heavy atom. The van der Waals surface area contributed by atoms with Gasteiger partial charge in [-0.15, -0.1) is 0 Å². The summed E-state index contributed by atoms with van der Waals surface area (Å²) in [5, 5.41) is 8.07. The van der Waals surface area contributed by atoms with Crippen LogP contribution in [0.15, 0.2) is 0 Å². The zero-order valence-electron chi connectivity index (χ0n) is 13.4. The highest BCUT2D eigenvalue weighted by Gasteiger charge is 2.44. The van der Waals surface area contributed by atoms with Crippen LogP contribution in [0.2, 0.25) is 0 Å². The van der Waals surface area contributed by atoms with E-state index in [1.807, 2.05) is 6.92 Å². The van der Waals surface area contributed by atoms with E-state index in [2.05, 4.69) is 14.1 Å². The van der Waals surface area contributed by atoms with E-state index in [-0.39, 0.29) is 0 Å². The Morgan fingerprint density at radius 2 is 1.92 bits per heavy atom. The molecule has 140 valence electrons. The van der Waals surface area contributed by atoms with Gasteiger partial charge in [-0.25, -0.2) is 9.59 Å². The summed E-state index contributed by atoms with van der Waals surface area (Å²) in [7, 11) is 0. The van der Waals surface area contributed by atoms with Gasteiger partial charge in [0.1, 0.15) is 17.6 Å². The number of alkyl halides is 2. The summed E-state index contributed by atoms with van der Waals surface area (Å²) < 4.78 is 39.4. The molecule has 10 heteroatoms. The number of halogens is 2. The molecule has 0 amide bonds. The number of hydrogen-bond acceptors (Lipinski definition) is 8. The maximum atomic E-state index is 13.1. The molecule has 0 aromatic carbocycles. The lowest BCUT2D eigenvalue weighted by atomic mass is 9.81. The molecule has 1 aliphatic rings. The van der Waals surface area contributed by atoms with Crippen molar-refractivity contribution in [1.82, 2.24) is 0 Å². The molecule has 0 aromatic rings. The van der Waals surface area contributed by atoms with Crippen molar-refractivity contribution in [2.75, 3.05) is 6.61 Å². The second-order valence-corrected chi connectivity index (χ2v) is 6.45. The normalized spacial score (nSPS) is 17.3. The van der Waals surface area contributed by atoms with E-state index in [9.17, 15) is 23.6 Å². The fraction of sp³-hybridized carbons (Fsp3) is 0.857. The lowest BCUT2D eigenvalue weighted by Gasteiger charge is -2.36. The molecule has 0 bridgehead atoms. The van der Waals surface area contributed by atoms with Crippen molar-refractivity contribution >= 4 is 24.0 Å². The molecule has 0 aliphatic heterocycles. The Kier molecular flexibility index (Phi) is 8.88. The van der Waals surface area contributed by atoms with Crippen LogP contribution in [0.3, 0.4) is 0 Å². The molecule has 1 saturated carbocycles. The molecule has 1 aliphatic carbocycles. The van der Waals surface area contributed by atoms with Crippen molar-refractivity contribution in [3.63, 3.8) is 0 Å². The minimum Gasteiger partial charge on any atom is -0.691 e.